The lowest BCUT2D eigenvalue weighted by atomic mass is 10.0. The summed E-state index contributed by atoms with van der Waals surface area (Å²) in [4.78, 5) is 0. The Kier molecular flexibility index (Phi) is 20.5. The van der Waals surface area contributed by atoms with Gasteiger partial charge < -0.3 is 22.8 Å². The van der Waals surface area contributed by atoms with Gasteiger partial charge in [0.2, 0.25) is 0 Å². The molecule has 0 aliphatic rings. The van der Waals surface area contributed by atoms with Gasteiger partial charge in [-0.15, -0.1) is 0 Å². The van der Waals surface area contributed by atoms with Gasteiger partial charge in [0.05, 0.1) is 60.9 Å². The molecule has 0 spiro atoms. The van der Waals surface area contributed by atoms with Crippen LogP contribution in [-0.4, -0.2) is 22.8 Å². The van der Waals surface area contributed by atoms with E-state index in [0.29, 0.717) is 0 Å². The molecular formula is C121H91N5. The standard InChI is InChI=1S/3C25H19N.2C23H17N/c1-18-15-16-22-21-12-6-8-14-24(21)26(25(22)17-18)23-13-7-5-11-20(23)19-9-3-2-4-10-19;1-18-14-15-25-23(16-18)22-12-5-6-13-24(22)26(25)21-11-7-10-20(17-21)19-8-3-2-4-9-19;1-18-14-15-23-22-12-5-6-13-24(22)26(25(23)16-18)21-11-7-10-20(17-21)19-8-3-2-4-9-19;1-16-10-13-23-21(14-16)20-8-4-5-9-22(20)24(23)19-12-11-17-6-2-3-7-18(17)15-19;1-16-10-13-21-20-8-4-5-9-22(20)24(23(21)14-16)19-12-11-17-6-2-3-7-18(17)15-19/h3*2-17H,1H3;2*2-15H,1H3. The third-order valence-electron chi connectivity index (χ3n) is 24.8. The summed E-state index contributed by atoms with van der Waals surface area (Å²) in [7, 11) is 0. The molecule has 0 N–H and O–H groups in total. The van der Waals surface area contributed by atoms with Gasteiger partial charge in [-0.3, -0.25) is 0 Å². The maximum absolute atomic E-state index is 2.40. The maximum atomic E-state index is 2.40. The fourth-order valence-electron chi connectivity index (χ4n) is 18.9. The summed E-state index contributed by atoms with van der Waals surface area (Å²) in [5, 5.41) is 18.1. The molecule has 0 saturated heterocycles. The number of aromatic nitrogens is 5. The Morgan fingerprint density at radius 1 is 0.135 bits per heavy atom. The van der Waals surface area contributed by atoms with Crippen LogP contribution in [0.25, 0.3) is 192 Å². The van der Waals surface area contributed by atoms with Gasteiger partial charge in [0.15, 0.2) is 0 Å². The zero-order valence-corrected chi connectivity index (χ0v) is 71.1. The van der Waals surface area contributed by atoms with Gasteiger partial charge in [0, 0.05) is 82.2 Å². The van der Waals surface area contributed by atoms with Crippen LogP contribution in [0.5, 0.6) is 0 Å². The zero-order chi connectivity index (χ0) is 84.7. The molecule has 5 heterocycles. The van der Waals surface area contributed by atoms with Crippen LogP contribution in [0.2, 0.25) is 0 Å². The van der Waals surface area contributed by atoms with Crippen molar-refractivity contribution in [3.63, 3.8) is 0 Å². The van der Waals surface area contributed by atoms with E-state index < -0.39 is 0 Å². The SMILES string of the molecule is Cc1ccc2c(c1)c1ccccc1n2-c1ccc2ccccc2c1.Cc1ccc2c(c1)c1ccccc1n2-c1cccc(-c2ccccc2)c1.Cc1ccc2c3ccccc3n(-c3ccc4ccccc4c3)c2c1.Cc1ccc2c3ccccc3n(-c3cccc(-c4ccccc4)c3)c2c1.Cc1ccc2c3ccccc3n(-c3ccccc3-c3ccccc3)c2c1. The molecule has 25 aromatic rings. The molecule has 5 aromatic heterocycles. The first-order valence-electron chi connectivity index (χ1n) is 43.5. The Morgan fingerprint density at radius 2 is 0.405 bits per heavy atom. The van der Waals surface area contributed by atoms with Gasteiger partial charge in [0.1, 0.15) is 0 Å². The first-order valence-corrected chi connectivity index (χ1v) is 43.5. The summed E-state index contributed by atoms with van der Waals surface area (Å²) in [6, 6.07) is 165. The first-order chi connectivity index (χ1) is 62.1. The highest BCUT2D eigenvalue weighted by Crippen LogP contribution is 2.42. The number of rotatable bonds is 8. The molecule has 0 unspecified atom stereocenters. The van der Waals surface area contributed by atoms with Gasteiger partial charge in [-0.25, -0.2) is 0 Å². The molecule has 0 bridgehead atoms. The second-order valence-electron chi connectivity index (χ2n) is 33.1. The fraction of sp³-hybridized carbons (Fsp3) is 0.0413. The van der Waals surface area contributed by atoms with Crippen molar-refractivity contribution in [2.75, 3.05) is 0 Å². The minimum absolute atomic E-state index is 1.20. The van der Waals surface area contributed by atoms with Crippen molar-refractivity contribution in [3.05, 3.63) is 489 Å². The van der Waals surface area contributed by atoms with Crippen LogP contribution in [0.1, 0.15) is 27.8 Å². The predicted octanol–water partition coefficient (Wildman–Crippen LogP) is 32.8. The quantitative estimate of drug-likeness (QED) is 0.145. The van der Waals surface area contributed by atoms with Gasteiger partial charge in [-0.05, 0) is 228 Å². The second-order valence-corrected chi connectivity index (χ2v) is 33.1. The van der Waals surface area contributed by atoms with E-state index in [4.69, 9.17) is 0 Å². The van der Waals surface area contributed by atoms with E-state index >= 15 is 0 Å². The van der Waals surface area contributed by atoms with Crippen LogP contribution in [0.15, 0.2) is 461 Å². The van der Waals surface area contributed by atoms with Gasteiger partial charge >= 0.3 is 0 Å². The molecule has 5 heteroatoms. The largest absolute Gasteiger partial charge is 0.309 e. The van der Waals surface area contributed by atoms with Crippen LogP contribution < -0.4 is 0 Å². The highest BCUT2D eigenvalue weighted by atomic mass is 15.0. The summed E-state index contributed by atoms with van der Waals surface area (Å²) in [6.45, 7) is 10.8. The summed E-state index contributed by atoms with van der Waals surface area (Å²) in [5.41, 5.74) is 32.5. The number of hydrogen-bond donors (Lipinski definition) is 0. The Labute approximate surface area is 733 Å². The highest BCUT2D eigenvalue weighted by molar-refractivity contribution is 6.14. The van der Waals surface area contributed by atoms with E-state index in [1.807, 2.05) is 0 Å². The predicted molar refractivity (Wildman–Crippen MR) is 539 cm³/mol. The number of hydrogen-bond acceptors (Lipinski definition) is 0. The third-order valence-corrected chi connectivity index (χ3v) is 24.8. The van der Waals surface area contributed by atoms with E-state index in [9.17, 15) is 0 Å². The van der Waals surface area contributed by atoms with Crippen molar-refractivity contribution in [1.29, 1.82) is 0 Å². The minimum atomic E-state index is 1.20. The van der Waals surface area contributed by atoms with Crippen molar-refractivity contribution < 1.29 is 0 Å². The summed E-state index contributed by atoms with van der Waals surface area (Å²) < 4.78 is 11.9. The average molecular weight is 1620 g/mol. The molecule has 0 saturated carbocycles. The fourth-order valence-corrected chi connectivity index (χ4v) is 18.9. The number of nitrogens with zero attached hydrogens (tertiary/aromatic N) is 5. The van der Waals surface area contributed by atoms with E-state index in [2.05, 4.69) is 518 Å². The Morgan fingerprint density at radius 3 is 0.810 bits per heavy atom. The van der Waals surface area contributed by atoms with Crippen LogP contribution >= 0.6 is 0 Å². The normalized spacial score (nSPS) is 11.4. The Balaban J connectivity index is 0.0000000962. The van der Waals surface area contributed by atoms with Crippen LogP contribution in [0, 0.1) is 34.6 Å². The molecule has 0 aliphatic carbocycles. The molecule has 126 heavy (non-hydrogen) atoms. The van der Waals surface area contributed by atoms with E-state index in [0.717, 1.165) is 0 Å². The topological polar surface area (TPSA) is 24.6 Å². The van der Waals surface area contributed by atoms with Crippen LogP contribution in [-0.2, 0) is 0 Å². The maximum Gasteiger partial charge on any atom is 0.0543 e. The number of para-hydroxylation sites is 6. The Hall–Kier alpha value is -16.1. The van der Waals surface area contributed by atoms with Crippen molar-refractivity contribution in [2.45, 2.75) is 34.6 Å². The lowest BCUT2D eigenvalue weighted by Crippen LogP contribution is -1.97. The van der Waals surface area contributed by atoms with Gasteiger partial charge in [-0.2, -0.15) is 0 Å². The van der Waals surface area contributed by atoms with Crippen LogP contribution in [0.4, 0.5) is 0 Å². The summed E-state index contributed by atoms with van der Waals surface area (Å²) in [5.74, 6) is 0. The average Bonchev–Trinajstić information content (AvgIpc) is 1.62. The van der Waals surface area contributed by atoms with Gasteiger partial charge in [-0.1, -0.05) is 345 Å². The zero-order valence-electron chi connectivity index (χ0n) is 71.1. The molecule has 0 fully saturated rings. The van der Waals surface area contributed by atoms with Crippen molar-refractivity contribution in [2.24, 2.45) is 0 Å². The molecule has 20 aromatic carbocycles. The van der Waals surface area contributed by atoms with Crippen molar-refractivity contribution >= 4 is 131 Å². The monoisotopic (exact) mass is 1610 g/mol. The highest BCUT2D eigenvalue weighted by Gasteiger charge is 2.20. The molecule has 0 radical (unpaired) electrons. The minimum Gasteiger partial charge on any atom is -0.309 e. The van der Waals surface area contributed by atoms with E-state index in [1.54, 1.807) is 0 Å². The molecule has 600 valence electrons. The molecular weight excluding hydrogens is 1520 g/mol. The third kappa shape index (κ3) is 14.6. The first kappa shape index (κ1) is 77.3. The second kappa shape index (κ2) is 33.4. The molecule has 0 amide bonds. The smallest absolute Gasteiger partial charge is 0.0543 e. The van der Waals surface area contributed by atoms with E-state index in [-0.39, 0.29) is 0 Å². The molecule has 5 nitrogen and oxygen atoms in total. The Bertz CT molecular complexity index is 8390. The van der Waals surface area contributed by atoms with Crippen LogP contribution in [0.3, 0.4) is 0 Å². The van der Waals surface area contributed by atoms with Crippen molar-refractivity contribution in [3.8, 4) is 61.8 Å². The lowest BCUT2D eigenvalue weighted by molar-refractivity contribution is 1.18. The lowest BCUT2D eigenvalue weighted by Gasteiger charge is -2.14. The number of benzene rings is 20. The molecule has 0 atom stereocenters. The molecule has 25 rings (SSSR count). The van der Waals surface area contributed by atoms with Crippen molar-refractivity contribution in [1.82, 2.24) is 22.8 Å². The van der Waals surface area contributed by atoms with Gasteiger partial charge in [0.25, 0.3) is 0 Å². The molecule has 0 aliphatic heterocycles. The summed E-state index contributed by atoms with van der Waals surface area (Å²) >= 11 is 0. The summed E-state index contributed by atoms with van der Waals surface area (Å²) in [6.07, 6.45) is 0. The number of aryl methyl sites for hydroxylation is 5. The van der Waals surface area contributed by atoms with E-state index in [1.165, 1.54) is 220 Å². The number of fused-ring (bicyclic) bond motifs is 17.